The maximum absolute atomic E-state index is 2.00. The summed E-state index contributed by atoms with van der Waals surface area (Å²) in [5.74, 6) is 0. The van der Waals surface area contributed by atoms with E-state index in [4.69, 9.17) is 0 Å². The van der Waals surface area contributed by atoms with E-state index >= 15 is 0 Å². The molecule has 0 atom stereocenters. The van der Waals surface area contributed by atoms with Crippen molar-refractivity contribution in [3.63, 3.8) is 0 Å². The first kappa shape index (κ1) is 86.9. The Bertz CT molecular complexity index is 4.53. The fraction of sp³-hybridized carbons (Fsp3) is 1.00. The van der Waals surface area contributed by atoms with Crippen LogP contribution in [-0.4, -0.2) is 0 Å². The maximum Gasteiger partial charge on any atom is 0 e. The van der Waals surface area contributed by atoms with Crippen LogP contribution in [-0.2, 0) is 32.7 Å². The van der Waals surface area contributed by atoms with Gasteiger partial charge >= 0.3 is 0 Å². The van der Waals surface area contributed by atoms with Crippen LogP contribution in [0.3, 0.4) is 0 Å². The molecule has 0 rings (SSSR count). The van der Waals surface area contributed by atoms with Crippen LogP contribution in [0, 0.1) is 0 Å². The van der Waals surface area contributed by atoms with Crippen molar-refractivity contribution in [1.29, 1.82) is 0 Å². The van der Waals surface area contributed by atoms with Crippen molar-refractivity contribution < 1.29 is 32.7 Å². The van der Waals surface area contributed by atoms with Crippen molar-refractivity contribution in [1.82, 2.24) is 0 Å². The third-order valence-electron chi connectivity index (χ3n) is 0. The molecule has 0 spiro atoms. The van der Waals surface area contributed by atoms with E-state index in [1.807, 2.05) is 27.7 Å². The molecule has 0 N–H and O–H groups in total. The Morgan fingerprint density at radius 2 is 0.444 bits per heavy atom. The summed E-state index contributed by atoms with van der Waals surface area (Å²) in [5.41, 5.74) is 0. The van der Waals surface area contributed by atoms with Gasteiger partial charge in [-0.05, 0) is 0 Å². The van der Waals surface area contributed by atoms with Crippen molar-refractivity contribution in [3.05, 3.63) is 0 Å². The molecule has 0 heterocycles. The predicted molar refractivity (Wildman–Crippen MR) is 49.6 cm³/mol. The van der Waals surface area contributed by atoms with Crippen LogP contribution in [0.25, 0.3) is 0 Å². The Kier molecular flexibility index (Phi) is 4740. The van der Waals surface area contributed by atoms with E-state index in [0.717, 1.165) is 0 Å². The Balaban J connectivity index is -0.00000000114. The molecule has 0 nitrogen and oxygen atoms in total. The van der Waals surface area contributed by atoms with E-state index in [-0.39, 0.29) is 62.4 Å². The largest absolute Gasteiger partial charge is 0.0776 e. The summed E-state index contributed by atoms with van der Waals surface area (Å²) in [6.45, 7) is 8.00. The van der Waals surface area contributed by atoms with Crippen molar-refractivity contribution in [2.24, 2.45) is 0 Å². The third kappa shape index (κ3) is 377. The molecule has 63 valence electrons. The van der Waals surface area contributed by atoms with Gasteiger partial charge in [-0.3, -0.25) is 0 Å². The van der Waals surface area contributed by atoms with Crippen LogP contribution in [0.1, 0.15) is 57.4 Å². The van der Waals surface area contributed by atoms with Gasteiger partial charge in [0, 0.05) is 32.7 Å². The minimum absolute atomic E-state index is 0. The van der Waals surface area contributed by atoms with E-state index in [1.54, 1.807) is 0 Å². The second kappa shape index (κ2) is 491. The van der Waals surface area contributed by atoms with E-state index in [9.17, 15) is 0 Å². The molecule has 0 saturated carbocycles. The van der Waals surface area contributed by atoms with Gasteiger partial charge in [0.05, 0.1) is 0 Å². The van der Waals surface area contributed by atoms with Crippen molar-refractivity contribution in [2.75, 3.05) is 0 Å². The van der Waals surface area contributed by atoms with E-state index in [2.05, 4.69) is 0 Å². The number of hydrogen-bond donors (Lipinski definition) is 0. The molecule has 0 fully saturated rings. The molecule has 0 aliphatic carbocycles. The van der Waals surface area contributed by atoms with Gasteiger partial charge in [0.15, 0.2) is 0 Å². The predicted octanol–water partition coefficient (Wildman–Crippen LogP) is 4.59. The Morgan fingerprint density at radius 1 is 0.444 bits per heavy atom. The summed E-state index contributed by atoms with van der Waals surface area (Å²) in [7, 11) is 0. The van der Waals surface area contributed by atoms with Gasteiger partial charge in [0.25, 0.3) is 0 Å². The Hall–Kier alpha value is 1.10. The molecule has 0 aromatic carbocycles. The zero-order valence-corrected chi connectivity index (χ0v) is 7.42. The Morgan fingerprint density at radius 3 is 0.444 bits per heavy atom. The average Bonchev–Trinajstić information content (AvgIpc) is 1.50. The van der Waals surface area contributed by atoms with Crippen LogP contribution >= 0.6 is 0 Å². The van der Waals surface area contributed by atoms with Crippen LogP contribution < -0.4 is 0 Å². The molecule has 0 saturated heterocycles. The second-order valence-electron chi connectivity index (χ2n) is 0. The normalized spacial score (nSPS) is 1.33. The SMILES string of the molecule is C.C.C.C.CC.CC.[Y]. The van der Waals surface area contributed by atoms with Gasteiger partial charge in [-0.25, -0.2) is 0 Å². The van der Waals surface area contributed by atoms with Gasteiger partial charge in [-0.15, -0.1) is 0 Å². The smallest absolute Gasteiger partial charge is 0 e. The number of rotatable bonds is 0. The molecule has 0 aliphatic rings. The van der Waals surface area contributed by atoms with Crippen LogP contribution in [0.2, 0.25) is 0 Å². The van der Waals surface area contributed by atoms with Gasteiger partial charge in [0.1, 0.15) is 0 Å². The second-order valence-corrected chi connectivity index (χ2v) is 0. The standard InChI is InChI=1S/2C2H6.4CH4.Y/c2*1-2;;;;;/h2*1-2H3;4*1H4;. The van der Waals surface area contributed by atoms with E-state index in [1.165, 1.54) is 0 Å². The summed E-state index contributed by atoms with van der Waals surface area (Å²) < 4.78 is 0. The molecular weight excluding hydrogens is 185 g/mol. The van der Waals surface area contributed by atoms with Gasteiger partial charge < -0.3 is 0 Å². The summed E-state index contributed by atoms with van der Waals surface area (Å²) >= 11 is 0. The van der Waals surface area contributed by atoms with Crippen molar-refractivity contribution in [3.8, 4) is 0 Å². The molecule has 1 heteroatoms. The Labute approximate surface area is 89.7 Å². The van der Waals surface area contributed by atoms with E-state index in [0.29, 0.717) is 0 Å². The minimum Gasteiger partial charge on any atom is -0.0776 e. The summed E-state index contributed by atoms with van der Waals surface area (Å²) in [6.07, 6.45) is 0. The molecule has 0 amide bonds. The van der Waals surface area contributed by atoms with Gasteiger partial charge in [-0.2, -0.15) is 0 Å². The zero-order valence-electron chi connectivity index (χ0n) is 4.58. The fourth-order valence-electron chi connectivity index (χ4n) is 0. The quantitative estimate of drug-likeness (QED) is 0.551. The first-order valence-electron chi connectivity index (χ1n) is 2.00. The average molecular weight is 213 g/mol. The summed E-state index contributed by atoms with van der Waals surface area (Å²) in [6, 6.07) is 0. The molecule has 0 unspecified atom stereocenters. The molecule has 1 radical (unpaired) electrons. The fourth-order valence-corrected chi connectivity index (χ4v) is 0. The number of hydrogen-bond acceptors (Lipinski definition) is 0. The topological polar surface area (TPSA) is 0 Å². The molecule has 0 aromatic rings. The monoisotopic (exact) mass is 213 g/mol. The summed E-state index contributed by atoms with van der Waals surface area (Å²) in [5, 5.41) is 0. The van der Waals surface area contributed by atoms with Crippen LogP contribution in [0.15, 0.2) is 0 Å². The summed E-state index contributed by atoms with van der Waals surface area (Å²) in [4.78, 5) is 0. The minimum atomic E-state index is 0. The van der Waals surface area contributed by atoms with Crippen molar-refractivity contribution >= 4 is 0 Å². The molecule has 9 heavy (non-hydrogen) atoms. The van der Waals surface area contributed by atoms with E-state index < -0.39 is 0 Å². The maximum atomic E-state index is 2.00. The van der Waals surface area contributed by atoms with Gasteiger partial charge in [-0.1, -0.05) is 57.4 Å². The molecule has 0 aliphatic heterocycles. The molecule has 0 aromatic heterocycles. The first-order valence-corrected chi connectivity index (χ1v) is 2.00. The van der Waals surface area contributed by atoms with Crippen molar-refractivity contribution in [2.45, 2.75) is 57.4 Å². The van der Waals surface area contributed by atoms with Gasteiger partial charge in [0.2, 0.25) is 0 Å². The van der Waals surface area contributed by atoms with Crippen LogP contribution in [0.5, 0.6) is 0 Å². The molecular formula is C8H28Y. The third-order valence-corrected chi connectivity index (χ3v) is 0. The first-order chi connectivity index (χ1) is 2.00. The zero-order chi connectivity index (χ0) is 4.00. The molecule has 0 bridgehead atoms. The van der Waals surface area contributed by atoms with Crippen LogP contribution in [0.4, 0.5) is 0 Å².